The van der Waals surface area contributed by atoms with Gasteiger partial charge in [-0.2, -0.15) is 0 Å². The molecule has 0 aromatic heterocycles. The number of hydrogen-bond acceptors (Lipinski definition) is 5. The molecule has 7 heteroatoms. The molecule has 0 saturated carbocycles. The molecule has 0 amide bonds. The molecule has 0 aliphatic heterocycles. The smallest absolute Gasteiger partial charge is 0.123 e. The molecule has 0 aliphatic rings. The minimum atomic E-state index is -1.25. The fourth-order valence-corrected chi connectivity index (χ4v) is 6.16. The van der Waals surface area contributed by atoms with Gasteiger partial charge in [-0.15, -0.1) is 0 Å². The van der Waals surface area contributed by atoms with Crippen LogP contribution in [0.4, 0.5) is 8.78 Å². The Balaban J connectivity index is 0.000000256. The summed E-state index contributed by atoms with van der Waals surface area (Å²) in [6.45, 7) is 7.60. The van der Waals surface area contributed by atoms with Gasteiger partial charge < -0.3 is 25.1 Å². The van der Waals surface area contributed by atoms with Crippen LogP contribution in [0.2, 0.25) is 0 Å². The summed E-state index contributed by atoms with van der Waals surface area (Å²) in [5.74, 6) is -0.620. The molecule has 4 aromatic carbocycles. The highest BCUT2D eigenvalue weighted by atomic mass is 19.1. The van der Waals surface area contributed by atoms with E-state index in [9.17, 15) is 24.1 Å². The van der Waals surface area contributed by atoms with E-state index < -0.39 is 11.2 Å². The van der Waals surface area contributed by atoms with Gasteiger partial charge in [0.15, 0.2) is 0 Å². The van der Waals surface area contributed by atoms with E-state index in [1.807, 2.05) is 79.3 Å². The Morgan fingerprint density at radius 1 is 0.574 bits per heavy atom. The van der Waals surface area contributed by atoms with E-state index in [0.29, 0.717) is 29.5 Å². The number of halogens is 2. The Labute approximate surface area is 280 Å². The number of hydrogen-bond donors (Lipinski definition) is 3. The zero-order valence-corrected chi connectivity index (χ0v) is 29.0. The standard InChI is InChI=1S/C20H26FNO2.C20H26FNO/c1-15-5-10-19(16(13-15)14-23)20(24,11-4-12-22(2)3)17-6-8-18(21)9-7-17;1-15-6-11-19(16(2)14-15)20(23,12-5-13-22(3)4)17-7-9-18(21)10-8-17/h5-10,13,23-24H,4,11-12,14H2,1-3H3;6-11,14,23H,5,12-13H2,1-4H3. The molecule has 3 N–H and O–H groups in total. The van der Waals surface area contributed by atoms with Crippen LogP contribution in [-0.4, -0.2) is 66.4 Å². The molecule has 5 nitrogen and oxygen atoms in total. The molecular formula is C40H52F2N2O3. The lowest BCUT2D eigenvalue weighted by atomic mass is 9.80. The predicted molar refractivity (Wildman–Crippen MR) is 187 cm³/mol. The molecule has 0 fully saturated rings. The predicted octanol–water partition coefficient (Wildman–Crippen LogP) is 7.22. The minimum Gasteiger partial charge on any atom is -0.392 e. The van der Waals surface area contributed by atoms with Crippen LogP contribution in [0.1, 0.15) is 70.2 Å². The topological polar surface area (TPSA) is 67.2 Å². The van der Waals surface area contributed by atoms with E-state index in [0.717, 1.165) is 48.2 Å². The third-order valence-electron chi connectivity index (χ3n) is 8.64. The van der Waals surface area contributed by atoms with E-state index in [2.05, 4.69) is 15.9 Å². The van der Waals surface area contributed by atoms with Crippen LogP contribution < -0.4 is 0 Å². The van der Waals surface area contributed by atoms with Crippen LogP contribution in [0.25, 0.3) is 0 Å². The van der Waals surface area contributed by atoms with Crippen molar-refractivity contribution in [3.05, 3.63) is 141 Å². The highest BCUT2D eigenvalue weighted by Crippen LogP contribution is 2.38. The summed E-state index contributed by atoms with van der Waals surface area (Å²) in [5.41, 5.74) is 4.56. The Morgan fingerprint density at radius 3 is 1.38 bits per heavy atom. The second kappa shape index (κ2) is 17.1. The Morgan fingerprint density at radius 2 is 0.979 bits per heavy atom. The average Bonchev–Trinajstić information content (AvgIpc) is 3.01. The summed E-state index contributed by atoms with van der Waals surface area (Å²) < 4.78 is 26.6. The zero-order valence-electron chi connectivity index (χ0n) is 29.0. The van der Waals surface area contributed by atoms with E-state index in [-0.39, 0.29) is 18.2 Å². The molecule has 2 unspecified atom stereocenters. The van der Waals surface area contributed by atoms with Gasteiger partial charge in [-0.3, -0.25) is 0 Å². The second-order valence-corrected chi connectivity index (χ2v) is 13.2. The van der Waals surface area contributed by atoms with E-state index in [1.54, 1.807) is 24.3 Å². The molecule has 4 aromatic rings. The van der Waals surface area contributed by atoms with Gasteiger partial charge in [-0.05, 0) is 145 Å². The van der Waals surface area contributed by atoms with Crippen LogP contribution in [0.3, 0.4) is 0 Å². The molecule has 0 heterocycles. The quantitative estimate of drug-likeness (QED) is 0.143. The summed E-state index contributed by atoms with van der Waals surface area (Å²) in [4.78, 5) is 4.17. The van der Waals surface area contributed by atoms with Gasteiger partial charge in [-0.1, -0.05) is 71.8 Å². The lowest BCUT2D eigenvalue weighted by Gasteiger charge is -2.32. The summed E-state index contributed by atoms with van der Waals surface area (Å²) >= 11 is 0. The van der Waals surface area contributed by atoms with Crippen molar-refractivity contribution in [3.63, 3.8) is 0 Å². The van der Waals surface area contributed by atoms with Gasteiger partial charge in [0.1, 0.15) is 22.8 Å². The maximum Gasteiger partial charge on any atom is 0.123 e. The first-order valence-electron chi connectivity index (χ1n) is 16.2. The van der Waals surface area contributed by atoms with Gasteiger partial charge in [0, 0.05) is 0 Å². The van der Waals surface area contributed by atoms with E-state index in [1.165, 1.54) is 29.8 Å². The summed E-state index contributed by atoms with van der Waals surface area (Å²) in [7, 11) is 8.02. The molecule has 4 rings (SSSR count). The highest BCUT2D eigenvalue weighted by Gasteiger charge is 2.34. The van der Waals surface area contributed by atoms with Gasteiger partial charge in [0.05, 0.1) is 6.61 Å². The molecule has 0 radical (unpaired) electrons. The van der Waals surface area contributed by atoms with E-state index in [4.69, 9.17) is 0 Å². The zero-order chi connectivity index (χ0) is 34.8. The molecule has 254 valence electrons. The SMILES string of the molecule is Cc1ccc(C(O)(CCCN(C)C)c2ccc(F)cc2)c(C)c1.Cc1ccc(C(O)(CCCN(C)C)c2ccc(F)cc2)c(CO)c1. The van der Waals surface area contributed by atoms with Gasteiger partial charge in [0.2, 0.25) is 0 Å². The van der Waals surface area contributed by atoms with Crippen LogP contribution in [0, 0.1) is 32.4 Å². The number of aryl methyl sites for hydroxylation is 3. The Kier molecular flexibility index (Phi) is 13.8. The molecule has 0 saturated heterocycles. The number of benzene rings is 4. The van der Waals surface area contributed by atoms with Crippen LogP contribution >= 0.6 is 0 Å². The van der Waals surface area contributed by atoms with E-state index >= 15 is 0 Å². The third kappa shape index (κ3) is 10.3. The molecule has 0 aliphatic carbocycles. The van der Waals surface area contributed by atoms with Crippen molar-refractivity contribution in [2.24, 2.45) is 0 Å². The lowest BCUT2D eigenvalue weighted by molar-refractivity contribution is 0.0640. The fraction of sp³-hybridized carbons (Fsp3) is 0.400. The summed E-state index contributed by atoms with van der Waals surface area (Å²) in [6.07, 6.45) is 2.72. The largest absolute Gasteiger partial charge is 0.392 e. The van der Waals surface area contributed by atoms with Crippen LogP contribution in [0.15, 0.2) is 84.9 Å². The third-order valence-corrected chi connectivity index (χ3v) is 8.64. The fourth-order valence-electron chi connectivity index (χ4n) is 6.16. The van der Waals surface area contributed by atoms with Crippen LogP contribution in [-0.2, 0) is 17.8 Å². The van der Waals surface area contributed by atoms with Gasteiger partial charge in [-0.25, -0.2) is 8.78 Å². The molecule has 0 spiro atoms. The van der Waals surface area contributed by atoms with Crippen molar-refractivity contribution in [1.29, 1.82) is 0 Å². The summed E-state index contributed by atoms with van der Waals surface area (Å²) in [6, 6.07) is 23.9. The first kappa shape index (κ1) is 38.0. The lowest BCUT2D eigenvalue weighted by Crippen LogP contribution is -2.30. The van der Waals surface area contributed by atoms with Crippen LogP contribution in [0.5, 0.6) is 0 Å². The van der Waals surface area contributed by atoms with Crippen molar-refractivity contribution in [1.82, 2.24) is 9.80 Å². The highest BCUT2D eigenvalue weighted by molar-refractivity contribution is 5.43. The van der Waals surface area contributed by atoms with Crippen molar-refractivity contribution in [3.8, 4) is 0 Å². The monoisotopic (exact) mass is 646 g/mol. The summed E-state index contributed by atoms with van der Waals surface area (Å²) in [5, 5.41) is 32.7. The maximum absolute atomic E-state index is 13.3. The number of nitrogens with zero attached hydrogens (tertiary/aromatic N) is 2. The van der Waals surface area contributed by atoms with Crippen molar-refractivity contribution in [2.45, 2.75) is 64.3 Å². The first-order valence-corrected chi connectivity index (χ1v) is 16.2. The normalized spacial score (nSPS) is 14.0. The molecular weight excluding hydrogens is 594 g/mol. The number of rotatable bonds is 13. The number of aliphatic hydroxyl groups is 3. The first-order chi connectivity index (χ1) is 22.2. The average molecular weight is 647 g/mol. The minimum absolute atomic E-state index is 0.145. The maximum atomic E-state index is 13.3. The van der Waals surface area contributed by atoms with Crippen molar-refractivity contribution in [2.75, 3.05) is 41.3 Å². The second-order valence-electron chi connectivity index (χ2n) is 13.2. The van der Waals surface area contributed by atoms with Gasteiger partial charge >= 0.3 is 0 Å². The van der Waals surface area contributed by atoms with Crippen molar-refractivity contribution >= 4 is 0 Å². The molecule has 2 atom stereocenters. The molecule has 0 bridgehead atoms. The Bertz CT molecular complexity index is 1560. The molecule has 47 heavy (non-hydrogen) atoms. The Hall–Kier alpha value is -3.46. The van der Waals surface area contributed by atoms with Crippen molar-refractivity contribution < 1.29 is 24.1 Å². The van der Waals surface area contributed by atoms with Gasteiger partial charge in [0.25, 0.3) is 0 Å². The number of aliphatic hydroxyl groups excluding tert-OH is 1.